The molecular weight excluding hydrogens is 144 g/mol. The van der Waals surface area contributed by atoms with Gasteiger partial charge in [-0.15, -0.1) is 0 Å². The van der Waals surface area contributed by atoms with Crippen LogP contribution in [0.15, 0.2) is 6.20 Å². The van der Waals surface area contributed by atoms with E-state index >= 15 is 0 Å². The van der Waals surface area contributed by atoms with Gasteiger partial charge in [-0.05, 0) is 6.42 Å². The summed E-state index contributed by atoms with van der Waals surface area (Å²) in [4.78, 5) is 6.62. The zero-order valence-corrected chi connectivity index (χ0v) is 6.66. The van der Waals surface area contributed by atoms with Crippen molar-refractivity contribution in [2.24, 2.45) is 0 Å². The van der Waals surface area contributed by atoms with Gasteiger partial charge in [0.15, 0.2) is 0 Å². The Labute approximate surface area is 65.2 Å². The third-order valence-corrected chi connectivity index (χ3v) is 1.54. The molecule has 0 spiro atoms. The van der Waals surface area contributed by atoms with E-state index in [1.54, 1.807) is 7.11 Å². The summed E-state index contributed by atoms with van der Waals surface area (Å²) in [5.41, 5.74) is 0. The predicted molar refractivity (Wildman–Crippen MR) is 40.3 cm³/mol. The Hall–Kier alpha value is -1.03. The van der Waals surface area contributed by atoms with Crippen LogP contribution in [0.4, 0.5) is 0 Å². The number of H-pyrrole nitrogens is 1. The molecule has 1 unspecified atom stereocenters. The molecule has 0 saturated heterocycles. The fourth-order valence-corrected chi connectivity index (χ4v) is 0.962. The number of nitrogens with zero attached hydrogens (tertiary/aromatic N) is 1. The Kier molecular flexibility index (Phi) is 2.48. The predicted octanol–water partition coefficient (Wildman–Crippen LogP) is 1.21. The maximum Gasteiger partial charge on any atom is 0.208 e. The molecule has 0 aliphatic heterocycles. The van der Waals surface area contributed by atoms with Crippen molar-refractivity contribution < 1.29 is 9.84 Å². The minimum absolute atomic E-state index is 0.0455. The number of methoxy groups -OCH3 is 1. The first-order valence-corrected chi connectivity index (χ1v) is 3.54. The van der Waals surface area contributed by atoms with Crippen molar-refractivity contribution in [3.8, 4) is 5.88 Å². The molecule has 0 radical (unpaired) electrons. The lowest BCUT2D eigenvalue weighted by molar-refractivity contribution is 0.0930. The molecule has 62 valence electrons. The molecule has 1 aromatic heterocycles. The van der Waals surface area contributed by atoms with Crippen molar-refractivity contribution in [1.29, 1.82) is 0 Å². The highest BCUT2D eigenvalue weighted by molar-refractivity contribution is 5.06. The van der Waals surface area contributed by atoms with Gasteiger partial charge in [0.1, 0.15) is 11.9 Å². The van der Waals surface area contributed by atoms with Crippen LogP contribution in [-0.2, 0) is 4.74 Å². The van der Waals surface area contributed by atoms with Crippen LogP contribution in [0.5, 0.6) is 5.88 Å². The number of ether oxygens (including phenoxy) is 1. The van der Waals surface area contributed by atoms with Gasteiger partial charge in [0.25, 0.3) is 0 Å². The Balaban J connectivity index is 2.73. The lowest BCUT2D eigenvalue weighted by atomic mass is 10.3. The third kappa shape index (κ3) is 1.71. The first-order chi connectivity index (χ1) is 5.27. The molecule has 0 aliphatic carbocycles. The number of aromatic nitrogens is 2. The van der Waals surface area contributed by atoms with E-state index in [9.17, 15) is 0 Å². The topological polar surface area (TPSA) is 58.1 Å². The summed E-state index contributed by atoms with van der Waals surface area (Å²) in [6.07, 6.45) is 2.16. The van der Waals surface area contributed by atoms with E-state index in [-0.39, 0.29) is 12.0 Å². The van der Waals surface area contributed by atoms with Crippen molar-refractivity contribution in [2.75, 3.05) is 7.11 Å². The third-order valence-electron chi connectivity index (χ3n) is 1.54. The molecule has 0 aromatic carbocycles. The van der Waals surface area contributed by atoms with Crippen LogP contribution in [0, 0.1) is 0 Å². The van der Waals surface area contributed by atoms with Gasteiger partial charge in [-0.1, -0.05) is 6.92 Å². The van der Waals surface area contributed by atoms with Gasteiger partial charge in [0.2, 0.25) is 5.88 Å². The van der Waals surface area contributed by atoms with Crippen LogP contribution in [0.3, 0.4) is 0 Å². The van der Waals surface area contributed by atoms with Crippen LogP contribution in [-0.4, -0.2) is 22.2 Å². The lowest BCUT2D eigenvalue weighted by Crippen LogP contribution is -2.01. The number of imidazole rings is 1. The minimum atomic E-state index is -0.0455. The van der Waals surface area contributed by atoms with Gasteiger partial charge in [0.05, 0.1) is 6.20 Å². The summed E-state index contributed by atoms with van der Waals surface area (Å²) in [6.45, 7) is 1.99. The van der Waals surface area contributed by atoms with E-state index in [1.165, 1.54) is 6.20 Å². The normalized spacial score (nSPS) is 13.3. The summed E-state index contributed by atoms with van der Waals surface area (Å²) < 4.78 is 5.09. The summed E-state index contributed by atoms with van der Waals surface area (Å²) >= 11 is 0. The van der Waals surface area contributed by atoms with Gasteiger partial charge in [-0.3, -0.25) is 0 Å². The summed E-state index contributed by atoms with van der Waals surface area (Å²) in [5, 5.41) is 8.92. The Bertz CT molecular complexity index is 218. The molecule has 0 saturated carbocycles. The molecule has 1 aromatic rings. The van der Waals surface area contributed by atoms with E-state index < -0.39 is 0 Å². The fourth-order valence-electron chi connectivity index (χ4n) is 0.962. The van der Waals surface area contributed by atoms with Crippen molar-refractivity contribution in [3.63, 3.8) is 0 Å². The summed E-state index contributed by atoms with van der Waals surface area (Å²) in [6, 6.07) is 0. The highest BCUT2D eigenvalue weighted by Gasteiger charge is 2.10. The van der Waals surface area contributed by atoms with Crippen molar-refractivity contribution >= 4 is 0 Å². The van der Waals surface area contributed by atoms with E-state index in [0.29, 0.717) is 5.82 Å². The molecule has 2 N–H and O–H groups in total. The number of aromatic hydroxyl groups is 1. The average molecular weight is 156 g/mol. The van der Waals surface area contributed by atoms with Crippen LogP contribution in [0.25, 0.3) is 0 Å². The standard InChI is InChI=1S/C7H12N2O2/c1-3-5(11-2)7-8-4-6(10)9-7/h4-5,10H,3H2,1-2H3,(H,8,9). The first kappa shape index (κ1) is 8.07. The number of rotatable bonds is 3. The molecule has 11 heavy (non-hydrogen) atoms. The number of aromatic amines is 1. The van der Waals surface area contributed by atoms with Gasteiger partial charge in [0, 0.05) is 7.11 Å². The molecule has 1 atom stereocenters. The SMILES string of the molecule is CCC(OC)c1ncc(O)[nH]1. The molecule has 1 rings (SSSR count). The van der Waals surface area contributed by atoms with Crippen LogP contribution >= 0.6 is 0 Å². The van der Waals surface area contributed by atoms with Crippen LogP contribution in [0.2, 0.25) is 0 Å². The quantitative estimate of drug-likeness (QED) is 0.691. The van der Waals surface area contributed by atoms with Gasteiger partial charge in [-0.25, -0.2) is 4.98 Å². The van der Waals surface area contributed by atoms with Gasteiger partial charge in [-0.2, -0.15) is 0 Å². The van der Waals surface area contributed by atoms with E-state index in [1.807, 2.05) is 6.92 Å². The van der Waals surface area contributed by atoms with Crippen molar-refractivity contribution in [3.05, 3.63) is 12.0 Å². The molecule has 1 heterocycles. The summed E-state index contributed by atoms with van der Waals surface area (Å²) in [5.74, 6) is 0.753. The highest BCUT2D eigenvalue weighted by Crippen LogP contribution is 2.17. The zero-order valence-electron chi connectivity index (χ0n) is 6.66. The molecular formula is C7H12N2O2. The Morgan fingerprint density at radius 2 is 2.55 bits per heavy atom. The lowest BCUT2D eigenvalue weighted by Gasteiger charge is -2.08. The number of nitrogens with one attached hydrogen (secondary N) is 1. The molecule has 0 amide bonds. The van der Waals surface area contributed by atoms with Gasteiger partial charge < -0.3 is 14.8 Å². The maximum absolute atomic E-state index is 8.92. The average Bonchev–Trinajstić information content (AvgIpc) is 2.39. The smallest absolute Gasteiger partial charge is 0.208 e. The van der Waals surface area contributed by atoms with E-state index in [2.05, 4.69) is 9.97 Å². The van der Waals surface area contributed by atoms with Crippen LogP contribution < -0.4 is 0 Å². The summed E-state index contributed by atoms with van der Waals surface area (Å²) in [7, 11) is 1.62. The van der Waals surface area contributed by atoms with Gasteiger partial charge >= 0.3 is 0 Å². The highest BCUT2D eigenvalue weighted by atomic mass is 16.5. The second kappa shape index (κ2) is 3.39. The minimum Gasteiger partial charge on any atom is -0.493 e. The van der Waals surface area contributed by atoms with Crippen molar-refractivity contribution in [1.82, 2.24) is 9.97 Å². The second-order valence-corrected chi connectivity index (χ2v) is 2.29. The molecule has 0 fully saturated rings. The zero-order chi connectivity index (χ0) is 8.27. The molecule has 0 aliphatic rings. The maximum atomic E-state index is 8.92. The monoisotopic (exact) mass is 156 g/mol. The molecule has 0 bridgehead atoms. The van der Waals surface area contributed by atoms with E-state index in [4.69, 9.17) is 9.84 Å². The largest absolute Gasteiger partial charge is 0.493 e. The molecule has 4 nitrogen and oxygen atoms in total. The Morgan fingerprint density at radius 1 is 1.82 bits per heavy atom. The van der Waals surface area contributed by atoms with Crippen LogP contribution in [0.1, 0.15) is 25.3 Å². The van der Waals surface area contributed by atoms with E-state index in [0.717, 1.165) is 6.42 Å². The fraction of sp³-hybridized carbons (Fsp3) is 0.571. The van der Waals surface area contributed by atoms with Crippen molar-refractivity contribution in [2.45, 2.75) is 19.4 Å². The first-order valence-electron chi connectivity index (χ1n) is 3.54. The second-order valence-electron chi connectivity index (χ2n) is 2.29. The Morgan fingerprint density at radius 3 is 2.91 bits per heavy atom. The molecule has 4 heteroatoms. The number of hydrogen-bond acceptors (Lipinski definition) is 3. The number of hydrogen-bond donors (Lipinski definition) is 2.